The lowest BCUT2D eigenvalue weighted by molar-refractivity contribution is -0.145. The van der Waals surface area contributed by atoms with Gasteiger partial charge in [0.15, 0.2) is 5.69 Å². The van der Waals surface area contributed by atoms with E-state index in [1.807, 2.05) is 0 Å². The second-order valence-corrected chi connectivity index (χ2v) is 7.45. The molecule has 0 radical (unpaired) electrons. The molecule has 182 valence electrons. The maximum atomic E-state index is 13.3. The van der Waals surface area contributed by atoms with Gasteiger partial charge >= 0.3 is 12.4 Å². The molecular weight excluding hydrogens is 468 g/mol. The second kappa shape index (κ2) is 9.73. The standard InChI is InChI=1S/C20H19F6N7O/c1-12-3-5-15(33-29-7-8-30-33)17(31-12)18(34)32(2)14(9-19(21,22)23)4-6-16-27-10-13(11-28-16)20(24,25)26/h3,5,7-8,10-11,14H,4,6,9H2,1-2H3/t14-/m1/s1. The van der Waals surface area contributed by atoms with Crippen LogP contribution in [0.3, 0.4) is 0 Å². The first kappa shape index (κ1) is 25.1. The first-order valence-corrected chi connectivity index (χ1v) is 9.91. The predicted octanol–water partition coefficient (Wildman–Crippen LogP) is 3.81. The Morgan fingerprint density at radius 1 is 1.06 bits per heavy atom. The molecular formula is C20H19F6N7O. The highest BCUT2D eigenvalue weighted by atomic mass is 19.4. The highest BCUT2D eigenvalue weighted by Crippen LogP contribution is 2.29. The van der Waals surface area contributed by atoms with Crippen LogP contribution >= 0.6 is 0 Å². The molecule has 8 nitrogen and oxygen atoms in total. The molecule has 0 bridgehead atoms. The van der Waals surface area contributed by atoms with E-state index in [4.69, 9.17) is 0 Å². The van der Waals surface area contributed by atoms with Crippen molar-refractivity contribution in [2.75, 3.05) is 7.05 Å². The number of amides is 1. The molecule has 34 heavy (non-hydrogen) atoms. The first-order valence-electron chi connectivity index (χ1n) is 9.91. The van der Waals surface area contributed by atoms with E-state index >= 15 is 0 Å². The van der Waals surface area contributed by atoms with Crippen molar-refractivity contribution < 1.29 is 31.1 Å². The fourth-order valence-electron chi connectivity index (χ4n) is 3.17. The van der Waals surface area contributed by atoms with E-state index in [9.17, 15) is 31.1 Å². The lowest BCUT2D eigenvalue weighted by atomic mass is 10.0. The Hall–Kier alpha value is -3.58. The average Bonchev–Trinajstić information content (AvgIpc) is 3.29. The Labute approximate surface area is 189 Å². The topological polar surface area (TPSA) is 89.7 Å². The molecule has 1 atom stereocenters. The molecule has 3 rings (SSSR count). The summed E-state index contributed by atoms with van der Waals surface area (Å²) in [4.78, 5) is 26.6. The molecule has 0 aliphatic rings. The molecule has 0 saturated heterocycles. The van der Waals surface area contributed by atoms with Crippen LogP contribution in [0.25, 0.3) is 5.69 Å². The molecule has 3 heterocycles. The van der Waals surface area contributed by atoms with E-state index < -0.39 is 36.3 Å². The summed E-state index contributed by atoms with van der Waals surface area (Å²) < 4.78 is 77.8. The monoisotopic (exact) mass is 487 g/mol. The second-order valence-electron chi connectivity index (χ2n) is 7.45. The van der Waals surface area contributed by atoms with Gasteiger partial charge in [0.25, 0.3) is 5.91 Å². The third-order valence-electron chi connectivity index (χ3n) is 4.92. The van der Waals surface area contributed by atoms with Crippen LogP contribution in [-0.4, -0.2) is 60.0 Å². The number of carbonyl (C=O) groups is 1. The van der Waals surface area contributed by atoms with Crippen molar-refractivity contribution in [3.8, 4) is 5.69 Å². The van der Waals surface area contributed by atoms with Gasteiger partial charge in [-0.15, -0.1) is 4.80 Å². The smallest absolute Gasteiger partial charge is 0.337 e. The maximum absolute atomic E-state index is 13.3. The zero-order valence-electron chi connectivity index (χ0n) is 18.0. The van der Waals surface area contributed by atoms with Crippen LogP contribution in [0, 0.1) is 6.92 Å². The van der Waals surface area contributed by atoms with Crippen molar-refractivity contribution >= 4 is 5.91 Å². The van der Waals surface area contributed by atoms with Crippen molar-refractivity contribution in [2.45, 2.75) is 44.6 Å². The van der Waals surface area contributed by atoms with Gasteiger partial charge < -0.3 is 4.90 Å². The number of rotatable bonds is 7. The van der Waals surface area contributed by atoms with Gasteiger partial charge in [0.2, 0.25) is 0 Å². The molecule has 1 amide bonds. The van der Waals surface area contributed by atoms with Crippen molar-refractivity contribution in [1.82, 2.24) is 34.8 Å². The third-order valence-corrected chi connectivity index (χ3v) is 4.92. The van der Waals surface area contributed by atoms with Gasteiger partial charge in [0, 0.05) is 37.6 Å². The molecule has 3 aromatic heterocycles. The lowest BCUT2D eigenvalue weighted by Gasteiger charge is -2.29. The van der Waals surface area contributed by atoms with Gasteiger partial charge in [0.1, 0.15) is 11.5 Å². The summed E-state index contributed by atoms with van der Waals surface area (Å²) in [6.07, 6.45) is -7.12. The van der Waals surface area contributed by atoms with Crippen LogP contribution in [0.1, 0.15) is 40.4 Å². The average molecular weight is 487 g/mol. The fourth-order valence-corrected chi connectivity index (χ4v) is 3.17. The van der Waals surface area contributed by atoms with Gasteiger partial charge in [-0.1, -0.05) is 0 Å². The Kier molecular flexibility index (Phi) is 7.17. The highest BCUT2D eigenvalue weighted by molar-refractivity contribution is 5.95. The predicted molar refractivity (Wildman–Crippen MR) is 106 cm³/mol. The van der Waals surface area contributed by atoms with Crippen molar-refractivity contribution in [3.05, 3.63) is 59.7 Å². The molecule has 0 fully saturated rings. The Morgan fingerprint density at radius 3 is 2.24 bits per heavy atom. The number of hydrogen-bond acceptors (Lipinski definition) is 6. The summed E-state index contributed by atoms with van der Waals surface area (Å²) in [6.45, 7) is 1.62. The largest absolute Gasteiger partial charge is 0.419 e. The number of alkyl halides is 6. The number of halogens is 6. The Morgan fingerprint density at radius 2 is 1.68 bits per heavy atom. The van der Waals surface area contributed by atoms with Gasteiger partial charge in [0.05, 0.1) is 24.4 Å². The van der Waals surface area contributed by atoms with Gasteiger partial charge in [-0.3, -0.25) is 4.79 Å². The number of nitrogens with zero attached hydrogens (tertiary/aromatic N) is 7. The molecule has 0 N–H and O–H groups in total. The Bertz CT molecular complexity index is 1110. The van der Waals surface area contributed by atoms with Crippen molar-refractivity contribution in [2.24, 2.45) is 0 Å². The minimum atomic E-state index is -4.63. The fraction of sp³-hybridized carbons (Fsp3) is 0.400. The number of aryl methyl sites for hydroxylation is 2. The molecule has 0 aliphatic heterocycles. The third kappa shape index (κ3) is 6.26. The van der Waals surface area contributed by atoms with Gasteiger partial charge in [-0.05, 0) is 25.5 Å². The van der Waals surface area contributed by atoms with E-state index in [1.165, 1.54) is 25.5 Å². The molecule has 0 spiro atoms. The summed E-state index contributed by atoms with van der Waals surface area (Å²) >= 11 is 0. The summed E-state index contributed by atoms with van der Waals surface area (Å²) in [5.74, 6) is -0.866. The number of aromatic nitrogens is 6. The minimum absolute atomic E-state index is 0.0730. The Balaban J connectivity index is 1.84. The number of hydrogen-bond donors (Lipinski definition) is 0. The quantitative estimate of drug-likeness (QED) is 0.471. The molecule has 3 aromatic rings. The molecule has 0 unspecified atom stereocenters. The maximum Gasteiger partial charge on any atom is 0.419 e. The van der Waals surface area contributed by atoms with Gasteiger partial charge in [-0.25, -0.2) is 15.0 Å². The van der Waals surface area contributed by atoms with Crippen LogP contribution in [0.15, 0.2) is 36.9 Å². The van der Waals surface area contributed by atoms with Crippen LogP contribution in [0.4, 0.5) is 26.3 Å². The van der Waals surface area contributed by atoms with Crippen molar-refractivity contribution in [3.63, 3.8) is 0 Å². The molecule has 0 saturated carbocycles. The van der Waals surface area contributed by atoms with E-state index in [0.717, 1.165) is 9.70 Å². The summed E-state index contributed by atoms with van der Waals surface area (Å²) in [5, 5.41) is 7.88. The lowest BCUT2D eigenvalue weighted by Crippen LogP contribution is -2.41. The molecule has 14 heteroatoms. The zero-order chi connectivity index (χ0) is 25.1. The van der Waals surface area contributed by atoms with E-state index in [0.29, 0.717) is 18.1 Å². The minimum Gasteiger partial charge on any atom is -0.337 e. The van der Waals surface area contributed by atoms with Crippen LogP contribution in [-0.2, 0) is 12.6 Å². The zero-order valence-corrected chi connectivity index (χ0v) is 18.0. The normalized spacial score (nSPS) is 13.1. The van der Waals surface area contributed by atoms with E-state index in [2.05, 4.69) is 25.1 Å². The van der Waals surface area contributed by atoms with Crippen LogP contribution in [0.5, 0.6) is 0 Å². The van der Waals surface area contributed by atoms with Gasteiger partial charge in [-0.2, -0.15) is 36.5 Å². The van der Waals surface area contributed by atoms with Crippen LogP contribution in [0.2, 0.25) is 0 Å². The van der Waals surface area contributed by atoms with E-state index in [1.54, 1.807) is 13.0 Å². The van der Waals surface area contributed by atoms with Crippen LogP contribution < -0.4 is 0 Å². The highest BCUT2D eigenvalue weighted by Gasteiger charge is 2.36. The number of pyridine rings is 1. The summed E-state index contributed by atoms with van der Waals surface area (Å²) in [5.41, 5.74) is -0.570. The van der Waals surface area contributed by atoms with E-state index in [-0.39, 0.29) is 30.0 Å². The van der Waals surface area contributed by atoms with Crippen molar-refractivity contribution in [1.29, 1.82) is 0 Å². The first-order chi connectivity index (χ1) is 15.8. The SMILES string of the molecule is Cc1ccc(-n2nccn2)c(C(=O)N(C)[C@H](CCc2ncc(C(F)(F)F)cn2)CC(F)(F)F)n1. The molecule has 0 aliphatic carbocycles. The molecule has 0 aromatic carbocycles. The number of carbonyl (C=O) groups excluding carboxylic acids is 1. The summed E-state index contributed by atoms with van der Waals surface area (Å²) in [7, 11) is 1.21. The summed E-state index contributed by atoms with van der Waals surface area (Å²) in [6, 6.07) is 1.78.